The van der Waals surface area contributed by atoms with E-state index in [2.05, 4.69) is 44.6 Å². The number of nitrogens with one attached hydrogen (secondary N) is 2. The Hall–Kier alpha value is -4.07. The van der Waals surface area contributed by atoms with Gasteiger partial charge in [0.1, 0.15) is 11.3 Å². The molecule has 0 unspecified atom stereocenters. The number of nitrogens with zero attached hydrogens (tertiary/aromatic N) is 3. The number of hydrogen-bond acceptors (Lipinski definition) is 5. The van der Waals surface area contributed by atoms with Crippen LogP contribution in [0.5, 0.6) is 5.75 Å². The van der Waals surface area contributed by atoms with E-state index in [9.17, 15) is 14.3 Å². The molecule has 0 fully saturated rings. The first-order chi connectivity index (χ1) is 16.0. The Kier molecular flexibility index (Phi) is 6.73. The highest BCUT2D eigenvalue weighted by Crippen LogP contribution is 2.24. The minimum Gasteiger partial charge on any atom is -0.505 e. The third kappa shape index (κ3) is 5.60. The second-order valence-electron chi connectivity index (χ2n) is 7.80. The number of pyridine rings is 1. The maximum atomic E-state index is 13.7. The van der Waals surface area contributed by atoms with Crippen molar-refractivity contribution in [3.05, 3.63) is 78.2 Å². The topological polar surface area (TPSA) is 100 Å². The summed E-state index contributed by atoms with van der Waals surface area (Å²) in [4.78, 5) is 25.3. The van der Waals surface area contributed by atoms with Crippen LogP contribution in [0.1, 0.15) is 31.2 Å². The van der Waals surface area contributed by atoms with Crippen molar-refractivity contribution in [2.24, 2.45) is 0 Å². The summed E-state index contributed by atoms with van der Waals surface area (Å²) in [5, 5.41) is 14.9. The highest BCUT2D eigenvalue weighted by Gasteiger charge is 2.10. The lowest BCUT2D eigenvalue weighted by Crippen LogP contribution is -2.30. The summed E-state index contributed by atoms with van der Waals surface area (Å²) in [5.74, 6) is -0.417. The van der Waals surface area contributed by atoms with Gasteiger partial charge in [0, 0.05) is 12.1 Å². The molecule has 0 aliphatic rings. The van der Waals surface area contributed by atoms with Gasteiger partial charge in [0.25, 0.3) is 0 Å². The van der Waals surface area contributed by atoms with Gasteiger partial charge in [-0.25, -0.2) is 19.2 Å². The molecule has 168 valence electrons. The predicted molar refractivity (Wildman–Crippen MR) is 126 cm³/mol. The van der Waals surface area contributed by atoms with E-state index in [1.54, 1.807) is 18.2 Å². The number of anilines is 1. The summed E-state index contributed by atoms with van der Waals surface area (Å²) in [6.45, 7) is 2.73. The summed E-state index contributed by atoms with van der Waals surface area (Å²) in [6, 6.07) is 17.3. The lowest BCUT2D eigenvalue weighted by atomic mass is 9.96. The number of phenols is 1. The first-order valence-electron chi connectivity index (χ1n) is 10.7. The number of carbonyl (C=O) groups is 1. The highest BCUT2D eigenvalue weighted by molar-refractivity contribution is 5.89. The Bertz CT molecular complexity index is 1270. The van der Waals surface area contributed by atoms with E-state index in [0.29, 0.717) is 40.7 Å². The van der Waals surface area contributed by atoms with Gasteiger partial charge in [-0.2, -0.15) is 0 Å². The molecular weight excluding hydrogens is 421 g/mol. The van der Waals surface area contributed by atoms with Crippen LogP contribution in [0.4, 0.5) is 15.0 Å². The first-order valence-corrected chi connectivity index (χ1v) is 10.7. The van der Waals surface area contributed by atoms with E-state index < -0.39 is 11.6 Å². The largest absolute Gasteiger partial charge is 0.505 e. The zero-order valence-corrected chi connectivity index (χ0v) is 18.1. The van der Waals surface area contributed by atoms with Crippen LogP contribution in [0.25, 0.3) is 22.4 Å². The van der Waals surface area contributed by atoms with Crippen LogP contribution in [0, 0.1) is 5.82 Å². The molecule has 0 aliphatic heterocycles. The van der Waals surface area contributed by atoms with Crippen LogP contribution < -0.4 is 10.6 Å². The summed E-state index contributed by atoms with van der Waals surface area (Å²) in [6.07, 6.45) is 3.33. The molecule has 4 rings (SSSR count). The highest BCUT2D eigenvalue weighted by atomic mass is 19.1. The summed E-state index contributed by atoms with van der Waals surface area (Å²) in [5.41, 5.74) is 3.01. The monoisotopic (exact) mass is 445 g/mol. The fraction of sp³-hybridized carbons (Fsp3) is 0.200. The van der Waals surface area contributed by atoms with Gasteiger partial charge >= 0.3 is 6.03 Å². The van der Waals surface area contributed by atoms with Crippen molar-refractivity contribution in [1.82, 2.24) is 20.3 Å². The fourth-order valence-corrected chi connectivity index (χ4v) is 3.49. The van der Waals surface area contributed by atoms with Crippen molar-refractivity contribution >= 4 is 23.0 Å². The van der Waals surface area contributed by atoms with Crippen molar-refractivity contribution in [2.75, 3.05) is 11.9 Å². The molecule has 0 bridgehead atoms. The molecule has 0 radical (unpaired) electrons. The van der Waals surface area contributed by atoms with Crippen LogP contribution in [0.3, 0.4) is 0 Å². The van der Waals surface area contributed by atoms with Crippen LogP contribution in [-0.2, 0) is 0 Å². The molecule has 1 atom stereocenters. The summed E-state index contributed by atoms with van der Waals surface area (Å²) in [7, 11) is 0. The molecule has 0 saturated carbocycles. The molecule has 0 saturated heterocycles. The third-order valence-corrected chi connectivity index (χ3v) is 5.36. The predicted octanol–water partition coefficient (Wildman–Crippen LogP) is 5.24. The average Bonchev–Trinajstić information content (AvgIpc) is 2.83. The number of halogens is 1. The number of urea groups is 1. The molecular formula is C25H24FN5O2. The molecule has 4 aromatic rings. The number of amides is 2. The van der Waals surface area contributed by atoms with Gasteiger partial charge in [0.15, 0.2) is 17.2 Å². The Labute approximate surface area is 190 Å². The Morgan fingerprint density at radius 1 is 1.09 bits per heavy atom. The van der Waals surface area contributed by atoms with Gasteiger partial charge in [-0.3, -0.25) is 10.3 Å². The molecule has 3 N–H and O–H groups in total. The quantitative estimate of drug-likeness (QED) is 0.338. The van der Waals surface area contributed by atoms with Gasteiger partial charge in [-0.05, 0) is 54.7 Å². The second-order valence-corrected chi connectivity index (χ2v) is 7.80. The van der Waals surface area contributed by atoms with E-state index in [-0.39, 0.29) is 6.03 Å². The molecule has 0 spiro atoms. The number of aromatic hydroxyl groups is 1. The van der Waals surface area contributed by atoms with Crippen LogP contribution >= 0.6 is 0 Å². The zero-order valence-electron chi connectivity index (χ0n) is 18.1. The van der Waals surface area contributed by atoms with Crippen molar-refractivity contribution in [1.29, 1.82) is 0 Å². The Morgan fingerprint density at radius 3 is 2.70 bits per heavy atom. The number of hydrogen-bond donors (Lipinski definition) is 3. The van der Waals surface area contributed by atoms with Crippen LogP contribution in [0.2, 0.25) is 0 Å². The van der Waals surface area contributed by atoms with Crippen molar-refractivity contribution in [3.8, 4) is 17.0 Å². The van der Waals surface area contributed by atoms with E-state index in [1.807, 2.05) is 18.2 Å². The lowest BCUT2D eigenvalue weighted by molar-refractivity contribution is 0.251. The third-order valence-electron chi connectivity index (χ3n) is 5.36. The number of aromatic nitrogens is 3. The van der Waals surface area contributed by atoms with Gasteiger partial charge < -0.3 is 10.4 Å². The van der Waals surface area contributed by atoms with E-state index in [1.165, 1.54) is 23.9 Å². The van der Waals surface area contributed by atoms with Gasteiger partial charge in [0.2, 0.25) is 0 Å². The number of phenolic OH excluding ortho intramolecular Hbond substituents is 1. The number of rotatable bonds is 7. The van der Waals surface area contributed by atoms with Gasteiger partial charge in [0.05, 0.1) is 11.9 Å². The van der Waals surface area contributed by atoms with Gasteiger partial charge in [-0.15, -0.1) is 0 Å². The van der Waals surface area contributed by atoms with Crippen molar-refractivity contribution in [2.45, 2.75) is 25.7 Å². The standard InChI is InChI=1S/C25H24FN5O2/c1-16(17-7-3-2-4-8-17)6-5-13-27-25(33)31-23-12-10-20-24(30-23)29-21(15-28-20)18-9-11-22(32)19(26)14-18/h2-4,7-12,14-16,32H,5-6,13H2,1H3,(H2,27,29,30,31,33)/t16-/m1/s1. The summed E-state index contributed by atoms with van der Waals surface area (Å²) >= 11 is 0. The van der Waals surface area contributed by atoms with Crippen LogP contribution in [0.15, 0.2) is 66.9 Å². The molecule has 7 nitrogen and oxygen atoms in total. The summed E-state index contributed by atoms with van der Waals surface area (Å²) < 4.78 is 13.7. The second kappa shape index (κ2) is 10.0. The van der Waals surface area contributed by atoms with Crippen molar-refractivity contribution < 1.29 is 14.3 Å². The Morgan fingerprint density at radius 2 is 1.91 bits per heavy atom. The normalized spacial score (nSPS) is 11.8. The molecule has 0 aliphatic carbocycles. The average molecular weight is 445 g/mol. The maximum absolute atomic E-state index is 13.7. The first kappa shape index (κ1) is 22.1. The molecule has 8 heteroatoms. The SMILES string of the molecule is C[C@H](CCCNC(=O)Nc1ccc2ncc(-c3ccc(O)c(F)c3)nc2n1)c1ccccc1. The number of carbonyl (C=O) groups excluding carboxylic acids is 1. The number of fused-ring (bicyclic) bond motifs is 1. The number of benzene rings is 2. The minimum absolute atomic E-state index is 0.315. The minimum atomic E-state index is -0.743. The molecule has 2 heterocycles. The van der Waals surface area contributed by atoms with Crippen molar-refractivity contribution in [3.63, 3.8) is 0 Å². The van der Waals surface area contributed by atoms with E-state index in [0.717, 1.165) is 12.8 Å². The Balaban J connectivity index is 1.35. The maximum Gasteiger partial charge on any atom is 0.320 e. The molecule has 2 aromatic heterocycles. The molecule has 2 aromatic carbocycles. The molecule has 33 heavy (non-hydrogen) atoms. The smallest absolute Gasteiger partial charge is 0.320 e. The van der Waals surface area contributed by atoms with E-state index in [4.69, 9.17) is 0 Å². The van der Waals surface area contributed by atoms with E-state index >= 15 is 0 Å². The lowest BCUT2D eigenvalue weighted by Gasteiger charge is -2.12. The molecule has 2 amide bonds. The zero-order chi connectivity index (χ0) is 23.2. The van der Waals surface area contributed by atoms with Gasteiger partial charge in [-0.1, -0.05) is 37.3 Å². The fourth-order valence-electron chi connectivity index (χ4n) is 3.49. The van der Waals surface area contributed by atoms with Crippen LogP contribution in [-0.4, -0.2) is 32.6 Å².